The SMILES string of the molecule is O=C(NCC1CCCCC1)C1=NN(c2ccc(Cl)cc2Cl)C(c2ccc(Br)cc2)C1. The van der Waals surface area contributed by atoms with Crippen molar-refractivity contribution in [2.75, 3.05) is 11.6 Å². The average Bonchev–Trinajstić information content (AvgIpc) is 3.18. The first-order valence-corrected chi connectivity index (χ1v) is 11.9. The molecule has 1 heterocycles. The summed E-state index contributed by atoms with van der Waals surface area (Å²) in [5.41, 5.74) is 2.34. The van der Waals surface area contributed by atoms with Crippen molar-refractivity contribution in [3.63, 3.8) is 0 Å². The molecule has 2 aliphatic rings. The van der Waals surface area contributed by atoms with Crippen LogP contribution in [-0.2, 0) is 4.79 Å². The number of hydrogen-bond acceptors (Lipinski definition) is 3. The van der Waals surface area contributed by atoms with E-state index in [1.165, 1.54) is 32.1 Å². The highest BCUT2D eigenvalue weighted by Gasteiger charge is 2.33. The molecule has 0 saturated heterocycles. The Balaban J connectivity index is 1.56. The smallest absolute Gasteiger partial charge is 0.267 e. The second kappa shape index (κ2) is 9.71. The molecular weight excluding hydrogens is 485 g/mol. The minimum atomic E-state index is -0.104. The molecule has 30 heavy (non-hydrogen) atoms. The lowest BCUT2D eigenvalue weighted by atomic mass is 9.89. The van der Waals surface area contributed by atoms with E-state index in [1.54, 1.807) is 12.1 Å². The first kappa shape index (κ1) is 21.7. The van der Waals surface area contributed by atoms with Gasteiger partial charge in [-0.05, 0) is 54.7 Å². The first-order chi connectivity index (χ1) is 14.5. The quantitative estimate of drug-likeness (QED) is 0.484. The Bertz CT molecular complexity index is 942. The molecule has 158 valence electrons. The monoisotopic (exact) mass is 507 g/mol. The molecule has 2 aromatic carbocycles. The van der Waals surface area contributed by atoms with Crippen LogP contribution in [0.4, 0.5) is 5.69 Å². The van der Waals surface area contributed by atoms with Gasteiger partial charge in [-0.3, -0.25) is 9.80 Å². The summed E-state index contributed by atoms with van der Waals surface area (Å²) < 4.78 is 1.01. The van der Waals surface area contributed by atoms with Crippen molar-refractivity contribution in [2.24, 2.45) is 11.0 Å². The van der Waals surface area contributed by atoms with Gasteiger partial charge in [-0.25, -0.2) is 0 Å². The third kappa shape index (κ3) is 5.01. The van der Waals surface area contributed by atoms with Crippen molar-refractivity contribution in [1.82, 2.24) is 5.32 Å². The van der Waals surface area contributed by atoms with Crippen molar-refractivity contribution in [3.05, 3.63) is 62.5 Å². The maximum atomic E-state index is 12.9. The van der Waals surface area contributed by atoms with Crippen molar-refractivity contribution >= 4 is 56.4 Å². The van der Waals surface area contributed by atoms with Gasteiger partial charge in [0.25, 0.3) is 5.91 Å². The number of nitrogens with one attached hydrogen (secondary N) is 1. The molecule has 1 aliphatic carbocycles. The fraction of sp³-hybridized carbons (Fsp3) is 0.391. The van der Waals surface area contributed by atoms with Gasteiger partial charge in [-0.2, -0.15) is 5.10 Å². The second-order valence-electron chi connectivity index (χ2n) is 7.97. The van der Waals surface area contributed by atoms with Gasteiger partial charge in [0.2, 0.25) is 0 Å². The molecule has 0 spiro atoms. The largest absolute Gasteiger partial charge is 0.351 e. The van der Waals surface area contributed by atoms with Crippen molar-refractivity contribution in [2.45, 2.75) is 44.6 Å². The average molecular weight is 509 g/mol. The maximum Gasteiger partial charge on any atom is 0.267 e. The molecule has 7 heteroatoms. The van der Waals surface area contributed by atoms with Crippen LogP contribution < -0.4 is 10.3 Å². The van der Waals surface area contributed by atoms with E-state index in [0.717, 1.165) is 22.3 Å². The summed E-state index contributed by atoms with van der Waals surface area (Å²) in [7, 11) is 0. The molecule has 2 aromatic rings. The summed E-state index contributed by atoms with van der Waals surface area (Å²) in [6.07, 6.45) is 6.74. The minimum absolute atomic E-state index is 0.0877. The van der Waals surface area contributed by atoms with Crippen LogP contribution in [0.15, 0.2) is 52.0 Å². The Morgan fingerprint density at radius 2 is 1.83 bits per heavy atom. The summed E-state index contributed by atoms with van der Waals surface area (Å²) in [5, 5.41) is 10.7. The van der Waals surface area contributed by atoms with Crippen LogP contribution in [0.25, 0.3) is 0 Å². The second-order valence-corrected chi connectivity index (χ2v) is 9.73. The van der Waals surface area contributed by atoms with Crippen LogP contribution in [0.3, 0.4) is 0 Å². The van der Waals surface area contributed by atoms with E-state index in [0.29, 0.717) is 28.1 Å². The predicted octanol–water partition coefficient (Wildman–Crippen LogP) is 6.76. The molecule has 4 rings (SSSR count). The zero-order valence-corrected chi connectivity index (χ0v) is 19.7. The summed E-state index contributed by atoms with van der Waals surface area (Å²) in [6.45, 7) is 0.725. The summed E-state index contributed by atoms with van der Waals surface area (Å²) in [6, 6.07) is 13.3. The molecule has 4 nitrogen and oxygen atoms in total. The van der Waals surface area contributed by atoms with E-state index in [2.05, 4.69) is 21.2 Å². The van der Waals surface area contributed by atoms with Gasteiger partial charge in [0, 0.05) is 22.5 Å². The Hall–Kier alpha value is -1.56. The van der Waals surface area contributed by atoms with E-state index in [9.17, 15) is 4.79 Å². The van der Waals surface area contributed by atoms with Crippen molar-refractivity contribution in [1.29, 1.82) is 0 Å². The highest BCUT2D eigenvalue weighted by molar-refractivity contribution is 9.10. The Morgan fingerprint density at radius 3 is 2.53 bits per heavy atom. The van der Waals surface area contributed by atoms with Gasteiger partial charge in [0.15, 0.2) is 0 Å². The number of carbonyl (C=O) groups is 1. The molecule has 1 fully saturated rings. The number of rotatable bonds is 5. The van der Waals surface area contributed by atoms with Gasteiger partial charge in [0.05, 0.1) is 16.8 Å². The van der Waals surface area contributed by atoms with Gasteiger partial charge < -0.3 is 5.32 Å². The summed E-state index contributed by atoms with van der Waals surface area (Å²) in [5.74, 6) is 0.490. The molecule has 1 saturated carbocycles. The number of hydrogen-bond donors (Lipinski definition) is 1. The highest BCUT2D eigenvalue weighted by Crippen LogP contribution is 2.40. The molecule has 0 bridgehead atoms. The minimum Gasteiger partial charge on any atom is -0.351 e. The fourth-order valence-corrected chi connectivity index (χ4v) is 4.97. The molecule has 1 N–H and O–H groups in total. The van der Waals surface area contributed by atoms with E-state index in [4.69, 9.17) is 28.3 Å². The van der Waals surface area contributed by atoms with Crippen LogP contribution in [0.2, 0.25) is 10.0 Å². The maximum absolute atomic E-state index is 12.9. The zero-order chi connectivity index (χ0) is 21.1. The lowest BCUT2D eigenvalue weighted by molar-refractivity contribution is -0.115. The number of hydrazone groups is 1. The molecule has 1 unspecified atom stereocenters. The topological polar surface area (TPSA) is 44.7 Å². The Morgan fingerprint density at radius 1 is 1.10 bits per heavy atom. The molecular formula is C23H24BrCl2N3O. The van der Waals surface area contributed by atoms with Crippen LogP contribution in [0, 0.1) is 5.92 Å². The van der Waals surface area contributed by atoms with E-state index in [1.807, 2.05) is 35.3 Å². The van der Waals surface area contributed by atoms with E-state index < -0.39 is 0 Å². The van der Waals surface area contributed by atoms with Gasteiger partial charge >= 0.3 is 0 Å². The normalized spacial score (nSPS) is 19.6. The van der Waals surface area contributed by atoms with E-state index in [-0.39, 0.29) is 11.9 Å². The Kier molecular flexibility index (Phi) is 7.01. The van der Waals surface area contributed by atoms with Crippen LogP contribution in [-0.4, -0.2) is 18.2 Å². The number of amides is 1. The van der Waals surface area contributed by atoms with Gasteiger partial charge in [-0.1, -0.05) is 70.5 Å². The molecule has 1 aliphatic heterocycles. The highest BCUT2D eigenvalue weighted by atomic mass is 79.9. The molecule has 1 atom stereocenters. The lowest BCUT2D eigenvalue weighted by Gasteiger charge is -2.25. The number of benzene rings is 2. The van der Waals surface area contributed by atoms with Crippen LogP contribution in [0.5, 0.6) is 0 Å². The lowest BCUT2D eigenvalue weighted by Crippen LogP contribution is -2.34. The van der Waals surface area contributed by atoms with Crippen LogP contribution >= 0.6 is 39.1 Å². The number of anilines is 1. The number of carbonyl (C=O) groups excluding carboxylic acids is 1. The first-order valence-electron chi connectivity index (χ1n) is 10.4. The summed E-state index contributed by atoms with van der Waals surface area (Å²) >= 11 is 16.0. The molecule has 1 amide bonds. The fourth-order valence-electron chi connectivity index (χ4n) is 4.21. The standard InChI is InChI=1S/C23H24BrCl2N3O/c24-17-8-6-16(7-9-17)22-13-20(23(30)27-14-15-4-2-1-3-5-15)28-29(22)21-11-10-18(25)12-19(21)26/h6-12,15,22H,1-5,13-14H2,(H,27,30). The Labute approximate surface area is 195 Å². The third-order valence-corrected chi connectivity index (χ3v) is 6.93. The number of halogens is 3. The van der Waals surface area contributed by atoms with E-state index >= 15 is 0 Å². The molecule has 0 aromatic heterocycles. The zero-order valence-electron chi connectivity index (χ0n) is 16.6. The van der Waals surface area contributed by atoms with Crippen LogP contribution in [0.1, 0.15) is 50.1 Å². The van der Waals surface area contributed by atoms with Crippen molar-refractivity contribution in [3.8, 4) is 0 Å². The van der Waals surface area contributed by atoms with Crippen molar-refractivity contribution < 1.29 is 4.79 Å². The molecule has 0 radical (unpaired) electrons. The van der Waals surface area contributed by atoms with Gasteiger partial charge in [-0.15, -0.1) is 0 Å². The van der Waals surface area contributed by atoms with Gasteiger partial charge in [0.1, 0.15) is 5.71 Å². The summed E-state index contributed by atoms with van der Waals surface area (Å²) in [4.78, 5) is 12.9. The number of nitrogens with zero attached hydrogens (tertiary/aromatic N) is 2. The predicted molar refractivity (Wildman–Crippen MR) is 127 cm³/mol. The third-order valence-electron chi connectivity index (χ3n) is 5.86.